The number of hydrogen-bond acceptors (Lipinski definition) is 2. The molecule has 3 nitrogen and oxygen atoms in total. The summed E-state index contributed by atoms with van der Waals surface area (Å²) >= 11 is 7.65. The Morgan fingerprint density at radius 2 is 2.43 bits per heavy atom. The Labute approximate surface area is 91.1 Å². The zero-order chi connectivity index (χ0) is 10.1. The molecule has 1 N–H and O–H groups in total. The van der Waals surface area contributed by atoms with E-state index in [0.717, 1.165) is 10.7 Å². The molecule has 2 aromatic rings. The van der Waals surface area contributed by atoms with Crippen LogP contribution in [0, 0.1) is 0 Å². The van der Waals surface area contributed by atoms with Crippen LogP contribution in [0.15, 0.2) is 16.6 Å². The summed E-state index contributed by atoms with van der Waals surface area (Å²) < 4.78 is 2.00. The molecule has 0 radical (unpaired) electrons. The van der Waals surface area contributed by atoms with Crippen molar-refractivity contribution in [3.63, 3.8) is 0 Å². The van der Waals surface area contributed by atoms with E-state index in [0.29, 0.717) is 5.15 Å². The van der Waals surface area contributed by atoms with Crippen LogP contribution in [0.5, 0.6) is 0 Å². The van der Waals surface area contributed by atoms with Gasteiger partial charge in [-0.3, -0.25) is 4.99 Å². The number of nitrogens with one attached hydrogen (secondary N) is 1. The number of imidazole rings is 1. The summed E-state index contributed by atoms with van der Waals surface area (Å²) in [6.45, 7) is 4.07. The van der Waals surface area contributed by atoms with Crippen LogP contribution in [0.3, 0.4) is 0 Å². The van der Waals surface area contributed by atoms with Crippen LogP contribution in [0.25, 0.3) is 4.96 Å². The predicted octanol–water partition coefficient (Wildman–Crippen LogP) is 2.30. The number of halogens is 1. The molecular weight excluding hydrogens is 218 g/mol. The van der Waals surface area contributed by atoms with Crippen LogP contribution < -0.4 is 4.40 Å². The van der Waals surface area contributed by atoms with Crippen LogP contribution >= 0.6 is 22.9 Å². The Bertz CT molecular complexity index is 469. The van der Waals surface area contributed by atoms with Crippen molar-refractivity contribution >= 4 is 34.1 Å². The van der Waals surface area contributed by atoms with Crippen molar-refractivity contribution in [2.75, 3.05) is 0 Å². The molecule has 0 atom stereocenters. The number of thiazole rings is 1. The predicted molar refractivity (Wildman–Crippen MR) is 59.6 cm³/mol. The molecule has 0 spiro atoms. The highest BCUT2D eigenvalue weighted by Crippen LogP contribution is 2.13. The van der Waals surface area contributed by atoms with Crippen molar-refractivity contribution in [2.24, 2.45) is 4.99 Å². The van der Waals surface area contributed by atoms with Crippen LogP contribution in [0.4, 0.5) is 0 Å². The van der Waals surface area contributed by atoms with Gasteiger partial charge in [0.05, 0.1) is 6.21 Å². The third kappa shape index (κ3) is 1.67. The lowest BCUT2D eigenvalue weighted by atomic mass is 10.4. The highest BCUT2D eigenvalue weighted by Gasteiger charge is 2.16. The average molecular weight is 229 g/mol. The van der Waals surface area contributed by atoms with Gasteiger partial charge in [-0.15, -0.1) is 0 Å². The molecule has 0 aliphatic rings. The maximum Gasteiger partial charge on any atom is 0.345 e. The first-order valence-corrected chi connectivity index (χ1v) is 5.63. The number of nitrogens with zero attached hydrogens (tertiary/aromatic N) is 2. The van der Waals surface area contributed by atoms with E-state index in [1.165, 1.54) is 0 Å². The monoisotopic (exact) mass is 228 g/mol. The number of rotatable bonds is 2. The number of H-pyrrole nitrogens is 1. The average Bonchev–Trinajstić information content (AvgIpc) is 2.61. The minimum atomic E-state index is 0.287. The summed E-state index contributed by atoms with van der Waals surface area (Å²) in [5.41, 5.74) is 0.914. The minimum Gasteiger partial charge on any atom is -0.286 e. The number of fused-ring (bicyclic) bond motifs is 1. The summed E-state index contributed by atoms with van der Waals surface area (Å²) in [6.07, 6.45) is 3.78. The second kappa shape index (κ2) is 3.71. The number of hydrogen-bond donors (Lipinski definition) is 1. The van der Waals surface area contributed by atoms with E-state index in [4.69, 9.17) is 11.6 Å². The molecule has 0 aliphatic carbocycles. The van der Waals surface area contributed by atoms with Gasteiger partial charge in [0.25, 0.3) is 0 Å². The fraction of sp³-hybridized carbons (Fsp3) is 0.333. The van der Waals surface area contributed by atoms with E-state index in [2.05, 4.69) is 9.98 Å². The Balaban J connectivity index is 2.48. The van der Waals surface area contributed by atoms with Gasteiger partial charge in [-0.25, -0.2) is 4.98 Å². The molecule has 0 aromatic carbocycles. The molecule has 2 rings (SSSR count). The molecule has 14 heavy (non-hydrogen) atoms. The number of aromatic amines is 1. The van der Waals surface area contributed by atoms with Crippen LogP contribution in [0.2, 0.25) is 5.15 Å². The van der Waals surface area contributed by atoms with Crippen molar-refractivity contribution in [3.05, 3.63) is 22.4 Å². The van der Waals surface area contributed by atoms with E-state index in [-0.39, 0.29) is 6.04 Å². The lowest BCUT2D eigenvalue weighted by Crippen LogP contribution is -2.20. The molecule has 2 heterocycles. The van der Waals surface area contributed by atoms with E-state index in [1.807, 2.05) is 36.0 Å². The Kier molecular flexibility index (Phi) is 2.56. The SMILES string of the molecule is CC(C)N=Cc1c(Cl)[nH]c2scc[n+]12. The fourth-order valence-corrected chi connectivity index (χ4v) is 2.19. The first kappa shape index (κ1) is 9.68. The van der Waals surface area contributed by atoms with Gasteiger partial charge in [0, 0.05) is 11.4 Å². The molecule has 0 aliphatic heterocycles. The second-order valence-electron chi connectivity index (χ2n) is 3.27. The fourth-order valence-electron chi connectivity index (χ4n) is 1.16. The van der Waals surface area contributed by atoms with E-state index >= 15 is 0 Å². The third-order valence-corrected chi connectivity index (χ3v) is 2.87. The lowest BCUT2D eigenvalue weighted by molar-refractivity contribution is -0.506. The summed E-state index contributed by atoms with van der Waals surface area (Å²) in [4.78, 5) is 8.43. The van der Waals surface area contributed by atoms with Crippen LogP contribution in [-0.4, -0.2) is 17.2 Å². The minimum absolute atomic E-state index is 0.287. The standard InChI is InChI=1S/C9H10ClN3S/c1-6(2)11-5-7-8(10)12-9-13(7)3-4-14-9/h3-6H,1-2H3/p+1. The molecule has 0 unspecified atom stereocenters. The topological polar surface area (TPSA) is 32.2 Å². The van der Waals surface area contributed by atoms with Gasteiger partial charge >= 0.3 is 4.96 Å². The molecule has 2 aromatic heterocycles. The maximum absolute atomic E-state index is 6.03. The first-order chi connectivity index (χ1) is 6.68. The summed E-state index contributed by atoms with van der Waals surface area (Å²) in [5.74, 6) is 0. The summed E-state index contributed by atoms with van der Waals surface area (Å²) in [7, 11) is 0. The van der Waals surface area contributed by atoms with Gasteiger partial charge in [-0.2, -0.15) is 4.40 Å². The van der Waals surface area contributed by atoms with Gasteiger partial charge in [0.1, 0.15) is 6.20 Å². The van der Waals surface area contributed by atoms with Crippen LogP contribution in [0.1, 0.15) is 19.5 Å². The van der Waals surface area contributed by atoms with E-state index < -0.39 is 0 Å². The maximum atomic E-state index is 6.03. The zero-order valence-electron chi connectivity index (χ0n) is 7.99. The van der Waals surface area contributed by atoms with Crippen molar-refractivity contribution in [1.82, 2.24) is 4.98 Å². The van der Waals surface area contributed by atoms with Gasteiger partial charge in [0.15, 0.2) is 0 Å². The largest absolute Gasteiger partial charge is 0.345 e. The molecular formula is C9H11ClN3S+. The van der Waals surface area contributed by atoms with Gasteiger partial charge in [0.2, 0.25) is 10.8 Å². The molecule has 0 amide bonds. The molecule has 0 fully saturated rings. The zero-order valence-corrected chi connectivity index (χ0v) is 9.56. The first-order valence-electron chi connectivity index (χ1n) is 4.38. The molecule has 0 saturated carbocycles. The van der Waals surface area contributed by atoms with Gasteiger partial charge in [-0.1, -0.05) is 11.3 Å². The molecule has 5 heteroatoms. The number of aliphatic imine (C=N–C) groups is 1. The third-order valence-electron chi connectivity index (χ3n) is 1.80. The molecule has 74 valence electrons. The Morgan fingerprint density at radius 1 is 1.64 bits per heavy atom. The highest BCUT2D eigenvalue weighted by atomic mass is 35.5. The Hall–Kier alpha value is -0.870. The second-order valence-corrected chi connectivity index (χ2v) is 4.55. The lowest BCUT2D eigenvalue weighted by Gasteiger charge is -1.91. The smallest absolute Gasteiger partial charge is 0.286 e. The van der Waals surface area contributed by atoms with Crippen molar-refractivity contribution in [1.29, 1.82) is 0 Å². The number of aromatic nitrogens is 2. The summed E-state index contributed by atoms with van der Waals surface area (Å²) in [6, 6.07) is 0.287. The van der Waals surface area contributed by atoms with Crippen molar-refractivity contribution in [2.45, 2.75) is 19.9 Å². The van der Waals surface area contributed by atoms with Crippen LogP contribution in [-0.2, 0) is 0 Å². The normalized spacial score (nSPS) is 12.3. The van der Waals surface area contributed by atoms with Gasteiger partial charge < -0.3 is 0 Å². The van der Waals surface area contributed by atoms with Gasteiger partial charge in [-0.05, 0) is 25.4 Å². The molecule has 0 bridgehead atoms. The Morgan fingerprint density at radius 3 is 3.14 bits per heavy atom. The molecule has 0 saturated heterocycles. The summed E-state index contributed by atoms with van der Waals surface area (Å²) in [5, 5.41) is 2.65. The highest BCUT2D eigenvalue weighted by molar-refractivity contribution is 7.14. The van der Waals surface area contributed by atoms with Crippen molar-refractivity contribution < 1.29 is 4.40 Å². The van der Waals surface area contributed by atoms with Crippen molar-refractivity contribution in [3.8, 4) is 0 Å². The quantitative estimate of drug-likeness (QED) is 0.605. The van der Waals surface area contributed by atoms with E-state index in [1.54, 1.807) is 11.3 Å². The van der Waals surface area contributed by atoms with E-state index in [9.17, 15) is 0 Å².